The lowest BCUT2D eigenvalue weighted by molar-refractivity contribution is -0.147. The second-order valence-corrected chi connectivity index (χ2v) is 3.88. The predicted molar refractivity (Wildman–Crippen MR) is 54.7 cm³/mol. The van der Waals surface area contributed by atoms with E-state index in [1.807, 2.05) is 0 Å². The van der Waals surface area contributed by atoms with Gasteiger partial charge >= 0.3 is 5.97 Å². The highest BCUT2D eigenvalue weighted by atomic mass is 35.5. The molecule has 3 N–H and O–H groups in total. The lowest BCUT2D eigenvalue weighted by Gasteiger charge is -2.23. The van der Waals surface area contributed by atoms with E-state index < -0.39 is 18.2 Å². The molecule has 0 aromatic heterocycles. The minimum Gasteiger partial charge on any atom is -0.465 e. The Balaban J connectivity index is 0.00000112. The number of fused-ring (bicyclic) bond motifs is 2. The maximum atomic E-state index is 11.4. The first kappa shape index (κ1) is 12.7. The highest BCUT2D eigenvalue weighted by Gasteiger charge is 2.54. The van der Waals surface area contributed by atoms with Gasteiger partial charge in [0.25, 0.3) is 0 Å². The second kappa shape index (κ2) is 4.65. The van der Waals surface area contributed by atoms with E-state index in [1.165, 1.54) is 0 Å². The third-order valence-corrected chi connectivity index (χ3v) is 3.08. The highest BCUT2D eigenvalue weighted by molar-refractivity contribution is 5.85. The summed E-state index contributed by atoms with van der Waals surface area (Å²) in [4.78, 5) is 11.4. The zero-order valence-electron chi connectivity index (χ0n) is 8.42. The van der Waals surface area contributed by atoms with Crippen molar-refractivity contribution in [2.75, 3.05) is 6.61 Å². The lowest BCUT2D eigenvalue weighted by atomic mass is 9.98. The third kappa shape index (κ3) is 1.97. The molecule has 0 amide bonds. The van der Waals surface area contributed by atoms with Crippen molar-refractivity contribution in [3.63, 3.8) is 0 Å². The highest BCUT2D eigenvalue weighted by Crippen LogP contribution is 2.36. The van der Waals surface area contributed by atoms with Crippen molar-refractivity contribution in [2.45, 2.75) is 37.6 Å². The summed E-state index contributed by atoms with van der Waals surface area (Å²) in [5, 5.41) is 22.0. The lowest BCUT2D eigenvalue weighted by Crippen LogP contribution is -2.48. The molecule has 0 radical (unpaired) electrons. The van der Waals surface area contributed by atoms with Gasteiger partial charge in [0.1, 0.15) is 6.04 Å². The molecule has 88 valence electrons. The van der Waals surface area contributed by atoms with E-state index in [0.717, 1.165) is 0 Å². The number of halogens is 1. The van der Waals surface area contributed by atoms with E-state index in [4.69, 9.17) is 4.74 Å². The van der Waals surface area contributed by atoms with Crippen LogP contribution in [0.5, 0.6) is 0 Å². The van der Waals surface area contributed by atoms with Gasteiger partial charge in [0.05, 0.1) is 24.9 Å². The fourth-order valence-corrected chi connectivity index (χ4v) is 2.41. The number of ether oxygens (including phenoxy) is 1. The SMILES string of the molecule is CCOC(=O)[C@H]1N[C@@H]2[C@H](O)[C@@H]1C[C@H]2O.Cl. The van der Waals surface area contributed by atoms with Crippen LogP contribution in [0.25, 0.3) is 0 Å². The zero-order valence-corrected chi connectivity index (χ0v) is 9.24. The average molecular weight is 238 g/mol. The minimum atomic E-state index is -0.626. The monoisotopic (exact) mass is 237 g/mol. The minimum absolute atomic E-state index is 0. The topological polar surface area (TPSA) is 78.8 Å². The second-order valence-electron chi connectivity index (χ2n) is 3.88. The van der Waals surface area contributed by atoms with Gasteiger partial charge in [-0.15, -0.1) is 12.4 Å². The van der Waals surface area contributed by atoms with Crippen molar-refractivity contribution >= 4 is 18.4 Å². The summed E-state index contributed by atoms with van der Waals surface area (Å²) in [6.07, 6.45) is -0.692. The average Bonchev–Trinajstić information content (AvgIpc) is 2.58. The van der Waals surface area contributed by atoms with Gasteiger partial charge in [-0.3, -0.25) is 10.1 Å². The van der Waals surface area contributed by atoms with Crippen molar-refractivity contribution < 1.29 is 19.7 Å². The summed E-state index contributed by atoms with van der Waals surface area (Å²) in [6.45, 7) is 2.09. The molecule has 1 saturated heterocycles. The van der Waals surface area contributed by atoms with Crippen LogP contribution < -0.4 is 5.32 Å². The van der Waals surface area contributed by atoms with Crippen molar-refractivity contribution in [1.82, 2.24) is 5.32 Å². The maximum Gasteiger partial charge on any atom is 0.323 e. The molecule has 0 aromatic carbocycles. The van der Waals surface area contributed by atoms with Gasteiger partial charge in [-0.05, 0) is 13.3 Å². The Bertz CT molecular complexity index is 250. The van der Waals surface area contributed by atoms with Crippen LogP contribution in [0.2, 0.25) is 0 Å². The Hall–Kier alpha value is -0.360. The molecule has 1 heterocycles. The smallest absolute Gasteiger partial charge is 0.323 e. The molecule has 2 aliphatic rings. The number of esters is 1. The fraction of sp³-hybridized carbons (Fsp3) is 0.889. The van der Waals surface area contributed by atoms with E-state index in [0.29, 0.717) is 13.0 Å². The van der Waals surface area contributed by atoms with Crippen LogP contribution in [0.15, 0.2) is 0 Å². The quantitative estimate of drug-likeness (QED) is 0.540. The molecule has 0 unspecified atom stereocenters. The summed E-state index contributed by atoms with van der Waals surface area (Å²) in [5.41, 5.74) is 0. The molecular formula is C9H16ClNO4. The number of hydrogen-bond acceptors (Lipinski definition) is 5. The van der Waals surface area contributed by atoms with Crippen LogP contribution in [0.1, 0.15) is 13.3 Å². The third-order valence-electron chi connectivity index (χ3n) is 3.08. The van der Waals surface area contributed by atoms with Gasteiger partial charge < -0.3 is 14.9 Å². The Morgan fingerprint density at radius 2 is 2.20 bits per heavy atom. The van der Waals surface area contributed by atoms with Gasteiger partial charge in [0.15, 0.2) is 0 Å². The maximum absolute atomic E-state index is 11.4. The molecule has 2 bridgehead atoms. The van der Waals surface area contributed by atoms with E-state index in [2.05, 4.69) is 5.32 Å². The molecular weight excluding hydrogens is 222 g/mol. The van der Waals surface area contributed by atoms with Crippen LogP contribution in [-0.4, -0.2) is 47.1 Å². The number of aliphatic hydroxyl groups is 2. The number of carbonyl (C=O) groups excluding carboxylic acids is 1. The van der Waals surface area contributed by atoms with Crippen LogP contribution in [0, 0.1) is 5.92 Å². The molecule has 15 heavy (non-hydrogen) atoms. The van der Waals surface area contributed by atoms with E-state index in [1.54, 1.807) is 6.92 Å². The van der Waals surface area contributed by atoms with Gasteiger partial charge in [-0.1, -0.05) is 0 Å². The Morgan fingerprint density at radius 1 is 1.53 bits per heavy atom. The number of piperidine rings is 1. The summed E-state index contributed by atoms with van der Waals surface area (Å²) >= 11 is 0. The van der Waals surface area contributed by atoms with Crippen LogP contribution in [0.3, 0.4) is 0 Å². The molecule has 6 heteroatoms. The van der Waals surface area contributed by atoms with Crippen LogP contribution >= 0.6 is 12.4 Å². The summed E-state index contributed by atoms with van der Waals surface area (Å²) in [5.74, 6) is -0.528. The summed E-state index contributed by atoms with van der Waals surface area (Å²) < 4.78 is 4.87. The van der Waals surface area contributed by atoms with Gasteiger partial charge in [-0.25, -0.2) is 0 Å². The van der Waals surface area contributed by atoms with Crippen molar-refractivity contribution in [3.05, 3.63) is 0 Å². The number of rotatable bonds is 2. The van der Waals surface area contributed by atoms with E-state index in [9.17, 15) is 15.0 Å². The fourth-order valence-electron chi connectivity index (χ4n) is 2.41. The molecule has 0 spiro atoms. The number of aliphatic hydroxyl groups excluding tert-OH is 2. The molecule has 1 aliphatic carbocycles. The van der Waals surface area contributed by atoms with Gasteiger partial charge in [0, 0.05) is 5.92 Å². The molecule has 1 aliphatic heterocycles. The van der Waals surface area contributed by atoms with Crippen LogP contribution in [0.4, 0.5) is 0 Å². The molecule has 0 aromatic rings. The molecule has 2 rings (SSSR count). The number of nitrogens with one attached hydrogen (secondary N) is 1. The van der Waals surface area contributed by atoms with E-state index >= 15 is 0 Å². The summed E-state index contributed by atoms with van der Waals surface area (Å²) in [7, 11) is 0. The first-order chi connectivity index (χ1) is 6.65. The normalized spacial score (nSPS) is 42.5. The molecule has 2 fully saturated rings. The van der Waals surface area contributed by atoms with Crippen molar-refractivity contribution in [2.24, 2.45) is 5.92 Å². The Morgan fingerprint density at radius 3 is 2.60 bits per heavy atom. The first-order valence-corrected chi connectivity index (χ1v) is 4.94. The Labute approximate surface area is 94.2 Å². The standard InChI is InChI=1S/C9H15NO4.ClH/c1-2-14-9(13)6-4-3-5(11)7(10-6)8(4)12;/h4-8,10-12H,2-3H2,1H3;1H/t4-,5-,6+,7+,8-;/m1./s1. The predicted octanol–water partition coefficient (Wildman–Crippen LogP) is -0.947. The molecule has 5 nitrogen and oxygen atoms in total. The Kier molecular flexibility index (Phi) is 3.94. The summed E-state index contributed by atoms with van der Waals surface area (Å²) in [6, 6.07) is -0.812. The van der Waals surface area contributed by atoms with Crippen molar-refractivity contribution in [3.8, 4) is 0 Å². The van der Waals surface area contributed by atoms with Gasteiger partial charge in [-0.2, -0.15) is 0 Å². The molecule has 1 saturated carbocycles. The number of carbonyl (C=O) groups is 1. The van der Waals surface area contributed by atoms with Crippen LogP contribution in [-0.2, 0) is 9.53 Å². The first-order valence-electron chi connectivity index (χ1n) is 4.94. The van der Waals surface area contributed by atoms with E-state index in [-0.39, 0.29) is 30.3 Å². The van der Waals surface area contributed by atoms with Gasteiger partial charge in [0.2, 0.25) is 0 Å². The molecule has 5 atom stereocenters. The van der Waals surface area contributed by atoms with Crippen molar-refractivity contribution in [1.29, 1.82) is 0 Å². The number of hydrogen-bond donors (Lipinski definition) is 3. The largest absolute Gasteiger partial charge is 0.465 e. The zero-order chi connectivity index (χ0) is 10.3.